The lowest BCUT2D eigenvalue weighted by Gasteiger charge is -2.15. The van der Waals surface area contributed by atoms with Crippen LogP contribution in [0.2, 0.25) is 0 Å². The molecule has 3 aromatic rings. The number of carbonyl (C=O) groups excluding carboxylic acids is 2. The fraction of sp³-hybridized carbons (Fsp3) is 0.167. The van der Waals surface area contributed by atoms with Gasteiger partial charge in [-0.25, -0.2) is 4.39 Å². The number of amides is 1. The average Bonchev–Trinajstić information content (AvgIpc) is 2.68. The van der Waals surface area contributed by atoms with Crippen LogP contribution in [0.3, 0.4) is 0 Å². The number of carbonyl (C=O) groups is 2. The van der Waals surface area contributed by atoms with Gasteiger partial charge in [0.15, 0.2) is 0 Å². The standard InChI is InChI=1S/C24H19F4NO2/c1-15-4-2-5-16(10-15)11-20(30)12-17-8-9-22(21(13-17)24(26,27)28)29-23(31)18-6-3-7-19(25)14-18/h2-10,13-14H,11-12H2,1H3,(H,29,31). The van der Waals surface area contributed by atoms with Gasteiger partial charge in [0.05, 0.1) is 11.3 Å². The van der Waals surface area contributed by atoms with E-state index in [-0.39, 0.29) is 29.8 Å². The van der Waals surface area contributed by atoms with E-state index in [1.54, 1.807) is 6.07 Å². The van der Waals surface area contributed by atoms with Crippen molar-refractivity contribution in [1.82, 2.24) is 0 Å². The molecule has 0 heterocycles. The van der Waals surface area contributed by atoms with Gasteiger partial charge in [-0.1, -0.05) is 42.0 Å². The molecule has 0 atom stereocenters. The van der Waals surface area contributed by atoms with Crippen LogP contribution in [-0.4, -0.2) is 11.7 Å². The highest BCUT2D eigenvalue weighted by molar-refractivity contribution is 6.04. The topological polar surface area (TPSA) is 46.2 Å². The number of anilines is 1. The van der Waals surface area contributed by atoms with Crippen molar-refractivity contribution in [2.75, 3.05) is 5.32 Å². The van der Waals surface area contributed by atoms with Crippen LogP contribution in [-0.2, 0) is 23.8 Å². The molecule has 3 aromatic carbocycles. The second-order valence-corrected chi connectivity index (χ2v) is 7.22. The molecule has 0 aliphatic carbocycles. The van der Waals surface area contributed by atoms with Crippen LogP contribution >= 0.6 is 0 Å². The van der Waals surface area contributed by atoms with Crippen LogP contribution in [0.4, 0.5) is 23.2 Å². The van der Waals surface area contributed by atoms with E-state index >= 15 is 0 Å². The van der Waals surface area contributed by atoms with Crippen LogP contribution < -0.4 is 5.32 Å². The predicted molar refractivity (Wildman–Crippen MR) is 109 cm³/mol. The van der Waals surface area contributed by atoms with Crippen LogP contribution in [0.25, 0.3) is 0 Å². The maximum atomic E-state index is 13.6. The molecule has 0 unspecified atom stereocenters. The average molecular weight is 429 g/mol. The smallest absolute Gasteiger partial charge is 0.321 e. The van der Waals surface area contributed by atoms with E-state index in [1.165, 1.54) is 18.2 Å². The molecule has 0 aromatic heterocycles. The summed E-state index contributed by atoms with van der Waals surface area (Å²) in [4.78, 5) is 24.6. The SMILES string of the molecule is Cc1cccc(CC(=O)Cc2ccc(NC(=O)c3cccc(F)c3)c(C(F)(F)F)c2)c1. The Hall–Kier alpha value is -3.48. The largest absolute Gasteiger partial charge is 0.418 e. The van der Waals surface area contributed by atoms with Crippen molar-refractivity contribution in [3.63, 3.8) is 0 Å². The van der Waals surface area contributed by atoms with E-state index in [2.05, 4.69) is 5.32 Å². The summed E-state index contributed by atoms with van der Waals surface area (Å²) >= 11 is 0. The van der Waals surface area contributed by atoms with Crippen molar-refractivity contribution in [1.29, 1.82) is 0 Å². The fourth-order valence-electron chi connectivity index (χ4n) is 3.21. The van der Waals surface area contributed by atoms with Crippen molar-refractivity contribution >= 4 is 17.4 Å². The van der Waals surface area contributed by atoms with Crippen molar-refractivity contribution < 1.29 is 27.2 Å². The lowest BCUT2D eigenvalue weighted by molar-refractivity contribution is -0.137. The molecule has 0 bridgehead atoms. The van der Waals surface area contributed by atoms with Gasteiger partial charge in [-0.15, -0.1) is 0 Å². The molecule has 0 saturated heterocycles. The number of alkyl halides is 3. The quantitative estimate of drug-likeness (QED) is 0.507. The van der Waals surface area contributed by atoms with Crippen molar-refractivity contribution in [2.24, 2.45) is 0 Å². The van der Waals surface area contributed by atoms with E-state index in [0.29, 0.717) is 0 Å². The number of halogens is 4. The first-order chi connectivity index (χ1) is 14.6. The van der Waals surface area contributed by atoms with Gasteiger partial charge in [0, 0.05) is 18.4 Å². The first-order valence-corrected chi connectivity index (χ1v) is 9.46. The van der Waals surface area contributed by atoms with E-state index < -0.39 is 29.2 Å². The third-order valence-corrected chi connectivity index (χ3v) is 4.61. The van der Waals surface area contributed by atoms with E-state index in [0.717, 1.165) is 35.4 Å². The van der Waals surface area contributed by atoms with Crippen LogP contribution in [0, 0.1) is 12.7 Å². The lowest BCUT2D eigenvalue weighted by Crippen LogP contribution is -2.17. The maximum Gasteiger partial charge on any atom is 0.418 e. The number of hydrogen-bond acceptors (Lipinski definition) is 2. The molecule has 3 rings (SSSR count). The van der Waals surface area contributed by atoms with E-state index in [4.69, 9.17) is 0 Å². The minimum atomic E-state index is -4.75. The molecule has 0 radical (unpaired) electrons. The number of Topliss-reactive ketones (excluding diaryl/α,β-unsaturated/α-hetero) is 1. The van der Waals surface area contributed by atoms with E-state index in [9.17, 15) is 27.2 Å². The predicted octanol–water partition coefficient (Wildman–Crippen LogP) is 5.76. The zero-order chi connectivity index (χ0) is 22.6. The first kappa shape index (κ1) is 22.2. The third-order valence-electron chi connectivity index (χ3n) is 4.61. The summed E-state index contributed by atoms with van der Waals surface area (Å²) < 4.78 is 54.0. The van der Waals surface area contributed by atoms with Gasteiger partial charge in [-0.3, -0.25) is 9.59 Å². The second kappa shape index (κ2) is 9.12. The van der Waals surface area contributed by atoms with Gasteiger partial charge < -0.3 is 5.32 Å². The minimum Gasteiger partial charge on any atom is -0.321 e. The molecular formula is C24H19F4NO2. The number of hydrogen-bond donors (Lipinski definition) is 1. The molecule has 0 aliphatic rings. The van der Waals surface area contributed by atoms with Crippen LogP contribution in [0.15, 0.2) is 66.7 Å². The number of aryl methyl sites for hydroxylation is 1. The van der Waals surface area contributed by atoms with Crippen molar-refractivity contribution in [3.8, 4) is 0 Å². The summed E-state index contributed by atoms with van der Waals surface area (Å²) in [5.41, 5.74) is 0.331. The molecule has 0 spiro atoms. The molecule has 0 aliphatic heterocycles. The van der Waals surface area contributed by atoms with Crippen molar-refractivity contribution in [3.05, 3.63) is 100 Å². The third kappa shape index (κ3) is 6.01. The summed E-state index contributed by atoms with van der Waals surface area (Å²) in [7, 11) is 0. The van der Waals surface area contributed by atoms with E-state index in [1.807, 2.05) is 25.1 Å². The Morgan fingerprint density at radius 2 is 1.55 bits per heavy atom. The zero-order valence-corrected chi connectivity index (χ0v) is 16.6. The molecule has 1 amide bonds. The summed E-state index contributed by atoms with van der Waals surface area (Å²) in [6.07, 6.45) is -4.81. The summed E-state index contributed by atoms with van der Waals surface area (Å²) in [6.45, 7) is 1.89. The lowest BCUT2D eigenvalue weighted by atomic mass is 9.99. The highest BCUT2D eigenvalue weighted by Gasteiger charge is 2.34. The number of rotatable bonds is 6. The van der Waals surface area contributed by atoms with Crippen LogP contribution in [0.1, 0.15) is 32.6 Å². The summed E-state index contributed by atoms with van der Waals surface area (Å²) in [6, 6.07) is 15.3. The molecular weight excluding hydrogens is 410 g/mol. The Kier molecular flexibility index (Phi) is 6.53. The van der Waals surface area contributed by atoms with Gasteiger partial charge >= 0.3 is 6.18 Å². The second-order valence-electron chi connectivity index (χ2n) is 7.22. The Balaban J connectivity index is 1.79. The molecule has 3 nitrogen and oxygen atoms in total. The Bertz CT molecular complexity index is 1120. The Labute approximate surface area is 176 Å². The number of benzene rings is 3. The van der Waals surface area contributed by atoms with Gasteiger partial charge in [0.1, 0.15) is 11.6 Å². The monoisotopic (exact) mass is 429 g/mol. The Morgan fingerprint density at radius 3 is 2.19 bits per heavy atom. The van der Waals surface area contributed by atoms with Gasteiger partial charge in [0.25, 0.3) is 5.91 Å². The molecule has 160 valence electrons. The molecule has 1 N–H and O–H groups in total. The minimum absolute atomic E-state index is 0.106. The van der Waals surface area contributed by atoms with Gasteiger partial charge in [-0.2, -0.15) is 13.2 Å². The van der Waals surface area contributed by atoms with Gasteiger partial charge in [0.2, 0.25) is 0 Å². The highest BCUT2D eigenvalue weighted by atomic mass is 19.4. The molecule has 0 saturated carbocycles. The number of ketones is 1. The molecule has 0 fully saturated rings. The summed E-state index contributed by atoms with van der Waals surface area (Å²) in [5, 5.41) is 2.18. The fourth-order valence-corrected chi connectivity index (χ4v) is 3.21. The zero-order valence-electron chi connectivity index (χ0n) is 16.6. The Morgan fingerprint density at radius 1 is 0.871 bits per heavy atom. The maximum absolute atomic E-state index is 13.6. The summed E-state index contributed by atoms with van der Waals surface area (Å²) in [5.74, 6) is -1.77. The van der Waals surface area contributed by atoms with Crippen molar-refractivity contribution in [2.45, 2.75) is 25.9 Å². The van der Waals surface area contributed by atoms with Gasteiger partial charge in [-0.05, 0) is 48.4 Å². The number of nitrogens with one attached hydrogen (secondary N) is 1. The van der Waals surface area contributed by atoms with Crippen LogP contribution in [0.5, 0.6) is 0 Å². The normalized spacial score (nSPS) is 11.3. The first-order valence-electron chi connectivity index (χ1n) is 9.46. The molecule has 7 heteroatoms. The highest BCUT2D eigenvalue weighted by Crippen LogP contribution is 2.36. The molecule has 31 heavy (non-hydrogen) atoms.